The molecule has 250 valence electrons. The zero-order valence-corrected chi connectivity index (χ0v) is 27.3. The zero-order chi connectivity index (χ0) is 34.9. The summed E-state index contributed by atoms with van der Waals surface area (Å²) in [5, 5.41) is 124. The molecule has 1 aliphatic heterocycles. The van der Waals surface area contributed by atoms with E-state index >= 15 is 0 Å². The number of hydrogen-bond donors (Lipinski definition) is 12. The fourth-order valence-corrected chi connectivity index (χ4v) is 13.3. The van der Waals surface area contributed by atoms with Crippen molar-refractivity contribution in [3.63, 3.8) is 0 Å². The van der Waals surface area contributed by atoms with Crippen molar-refractivity contribution in [2.24, 2.45) is 0 Å². The van der Waals surface area contributed by atoms with E-state index in [-0.39, 0.29) is 43.3 Å². The van der Waals surface area contributed by atoms with E-state index in [1.165, 1.54) is 0 Å². The van der Waals surface area contributed by atoms with Crippen LogP contribution in [-0.2, 0) is 6.42 Å². The number of Topliss-reactive ketones (excluding diaryl/α,β-unsaturated/α-hetero) is 2. The Bertz CT molecular complexity index is 1850. The molecule has 0 saturated heterocycles. The zero-order valence-electron chi connectivity index (χ0n) is 23.9. The number of aliphatic hydroxyl groups excluding tert-OH is 2. The van der Waals surface area contributed by atoms with Crippen molar-refractivity contribution in [2.75, 3.05) is 0 Å². The maximum atomic E-state index is 13.3. The number of aliphatic hydroxyl groups is 2. The molecule has 1 heterocycles. The summed E-state index contributed by atoms with van der Waals surface area (Å²) in [4.78, 5) is 26.6. The molecule has 0 amide bonds. The first-order valence-corrected chi connectivity index (χ1v) is 19.8. The van der Waals surface area contributed by atoms with Gasteiger partial charge in [0.25, 0.3) is 0 Å². The SMILES string of the molecule is O=C1c2c(O)cc(O)c([Se][Se]c3c(O)cc(O)c4c3OC(c3cc(O)c(O)c(O)c3)C(O)C4=O)c2CC(c2cc(O)c(O)c(O)c2)C1O. The number of carbonyl (C=O) groups is 2. The molecular formula is C31H24O15Se2. The number of hydrogen-bond acceptors (Lipinski definition) is 15. The summed E-state index contributed by atoms with van der Waals surface area (Å²) in [5.41, 5.74) is -0.710. The number of carbonyl (C=O) groups excluding carboxylic acids is 2. The third kappa shape index (κ3) is 5.22. The van der Waals surface area contributed by atoms with Crippen LogP contribution in [0.5, 0.6) is 63.2 Å². The molecular weight excluding hydrogens is 770 g/mol. The van der Waals surface area contributed by atoms with Crippen molar-refractivity contribution in [1.82, 2.24) is 0 Å². The van der Waals surface area contributed by atoms with Gasteiger partial charge < -0.3 is 0 Å². The number of rotatable bonds is 5. The van der Waals surface area contributed by atoms with Crippen LogP contribution in [0.4, 0.5) is 0 Å². The molecule has 0 saturated carbocycles. The molecule has 0 radical (unpaired) electrons. The summed E-state index contributed by atoms with van der Waals surface area (Å²) in [7, 11) is 0. The number of phenols is 10. The molecule has 4 unspecified atom stereocenters. The van der Waals surface area contributed by atoms with Gasteiger partial charge in [0.2, 0.25) is 0 Å². The minimum absolute atomic E-state index is 0.0129. The van der Waals surface area contributed by atoms with Gasteiger partial charge in [-0.15, -0.1) is 0 Å². The van der Waals surface area contributed by atoms with E-state index in [1.54, 1.807) is 0 Å². The van der Waals surface area contributed by atoms with Crippen LogP contribution in [0.3, 0.4) is 0 Å². The predicted octanol–water partition coefficient (Wildman–Crippen LogP) is -0.422. The second-order valence-electron chi connectivity index (χ2n) is 11.0. The molecule has 6 rings (SSSR count). The van der Waals surface area contributed by atoms with Crippen LogP contribution in [0.1, 0.15) is 49.4 Å². The van der Waals surface area contributed by atoms with Gasteiger partial charge >= 0.3 is 280 Å². The molecule has 12 N–H and O–H groups in total. The van der Waals surface area contributed by atoms with Crippen LogP contribution < -0.4 is 13.7 Å². The van der Waals surface area contributed by atoms with Gasteiger partial charge in [-0.1, -0.05) is 0 Å². The Balaban J connectivity index is 1.41. The van der Waals surface area contributed by atoms with Crippen LogP contribution in [0.2, 0.25) is 0 Å². The van der Waals surface area contributed by atoms with Gasteiger partial charge in [0, 0.05) is 0 Å². The van der Waals surface area contributed by atoms with Gasteiger partial charge in [0.15, 0.2) is 0 Å². The van der Waals surface area contributed by atoms with Crippen LogP contribution >= 0.6 is 0 Å². The first-order chi connectivity index (χ1) is 22.6. The van der Waals surface area contributed by atoms with Crippen LogP contribution in [-0.4, -0.2) is 111 Å². The third-order valence-corrected chi connectivity index (χ3v) is 15.2. The van der Waals surface area contributed by atoms with E-state index in [4.69, 9.17) is 4.74 Å². The molecule has 15 nitrogen and oxygen atoms in total. The van der Waals surface area contributed by atoms with Crippen molar-refractivity contribution >= 4 is 46.8 Å². The Labute approximate surface area is 279 Å². The summed E-state index contributed by atoms with van der Waals surface area (Å²) in [5.74, 6) is -10.4. The minimum atomic E-state index is -1.96. The first-order valence-electron chi connectivity index (χ1n) is 13.7. The molecule has 4 atom stereocenters. The third-order valence-electron chi connectivity index (χ3n) is 8.05. The molecule has 17 heteroatoms. The van der Waals surface area contributed by atoms with Crippen LogP contribution in [0, 0.1) is 0 Å². The number of benzene rings is 4. The standard InChI is InChI=1S/C31H24O15Se2/c32-12-6-18(38)30(11-5-10(22(40)25(43)20(11)12)8-1-14(34)23(41)15(35)2-8)47-48-31-19(39)7-13(33)21-26(44)27(45)28(46-29(21)31)9-3-16(36)24(42)17(37)4-9/h1-4,6-7,10,22,27-28,32-42,45H,5H2. The molecule has 0 aromatic heterocycles. The Morgan fingerprint density at radius 1 is 0.542 bits per heavy atom. The van der Waals surface area contributed by atoms with Crippen LogP contribution in [0.25, 0.3) is 0 Å². The van der Waals surface area contributed by atoms with Crippen molar-refractivity contribution in [3.05, 3.63) is 64.2 Å². The molecule has 4 aromatic rings. The number of ketones is 2. The van der Waals surface area contributed by atoms with E-state index in [2.05, 4.69) is 0 Å². The Morgan fingerprint density at radius 2 is 1.00 bits per heavy atom. The summed E-state index contributed by atoms with van der Waals surface area (Å²) < 4.78 is 6.05. The van der Waals surface area contributed by atoms with Gasteiger partial charge in [-0.25, -0.2) is 0 Å². The fourth-order valence-electron chi connectivity index (χ4n) is 5.70. The van der Waals surface area contributed by atoms with E-state index in [0.717, 1.165) is 36.4 Å². The predicted molar refractivity (Wildman–Crippen MR) is 164 cm³/mol. The molecule has 4 aromatic carbocycles. The van der Waals surface area contributed by atoms with Gasteiger partial charge in [0.05, 0.1) is 0 Å². The Morgan fingerprint density at radius 3 is 1.56 bits per heavy atom. The number of phenolic OH excluding ortho intramolecular Hbond substituents is 10. The molecule has 2 aliphatic rings. The summed E-state index contributed by atoms with van der Waals surface area (Å²) in [6.07, 6.45) is -5.49. The number of aromatic hydroxyl groups is 10. The molecule has 1 aliphatic carbocycles. The van der Waals surface area contributed by atoms with Crippen molar-refractivity contribution in [2.45, 2.75) is 30.7 Å². The van der Waals surface area contributed by atoms with Crippen molar-refractivity contribution < 1.29 is 75.6 Å². The quantitative estimate of drug-likeness (QED) is 0.0903. The summed E-state index contributed by atoms with van der Waals surface area (Å²) in [6, 6.07) is 5.75. The molecule has 48 heavy (non-hydrogen) atoms. The van der Waals surface area contributed by atoms with Gasteiger partial charge in [0.1, 0.15) is 0 Å². The Hall–Kier alpha value is -5.02. The van der Waals surface area contributed by atoms with Gasteiger partial charge in [-0.05, 0) is 0 Å². The average molecular weight is 794 g/mol. The second kappa shape index (κ2) is 11.9. The monoisotopic (exact) mass is 796 g/mol. The van der Waals surface area contributed by atoms with Crippen molar-refractivity contribution in [1.29, 1.82) is 0 Å². The average Bonchev–Trinajstić information content (AvgIpc) is 3.01. The molecule has 0 bridgehead atoms. The van der Waals surface area contributed by atoms with E-state index < -0.39 is 125 Å². The second-order valence-corrected chi connectivity index (χ2v) is 17.0. The normalized spacial score (nSPS) is 20.2. The number of fused-ring (bicyclic) bond motifs is 2. The van der Waals surface area contributed by atoms with Crippen molar-refractivity contribution in [3.8, 4) is 63.2 Å². The van der Waals surface area contributed by atoms with E-state index in [0.29, 0.717) is 0 Å². The van der Waals surface area contributed by atoms with E-state index in [1.807, 2.05) is 0 Å². The summed E-state index contributed by atoms with van der Waals surface area (Å²) in [6.45, 7) is 0. The topological polar surface area (TPSA) is 286 Å². The molecule has 0 spiro atoms. The number of ether oxygens (including phenoxy) is 1. The van der Waals surface area contributed by atoms with E-state index in [9.17, 15) is 70.9 Å². The van der Waals surface area contributed by atoms with Gasteiger partial charge in [-0.2, -0.15) is 0 Å². The fraction of sp³-hybridized carbons (Fsp3) is 0.161. The van der Waals surface area contributed by atoms with Gasteiger partial charge in [-0.3, -0.25) is 0 Å². The summed E-state index contributed by atoms with van der Waals surface area (Å²) >= 11 is -1.86. The maximum absolute atomic E-state index is 13.3. The Kier molecular flexibility index (Phi) is 8.15. The van der Waals surface area contributed by atoms with Crippen LogP contribution in [0.15, 0.2) is 36.4 Å². The molecule has 0 fully saturated rings. The first kappa shape index (κ1) is 32.9.